The molecule has 0 radical (unpaired) electrons. The van der Waals surface area contributed by atoms with E-state index in [1.54, 1.807) is 6.33 Å². The minimum atomic E-state index is 0.0694. The maximum Gasteiger partial charge on any atom is 0.165 e. The summed E-state index contributed by atoms with van der Waals surface area (Å²) in [5.74, 6) is 0.668. The summed E-state index contributed by atoms with van der Waals surface area (Å²) in [6.07, 6.45) is 3.24. The number of aliphatic hydroxyl groups excluding tert-OH is 1. The standard InChI is InChI=1S/C9H13N5O/c1-2-14-6-13-7-8(10-3-4-15)11-5-12-9(7)14/h5-6,15H,2-4H2,1H3,(H,10,11,12). The molecule has 2 aromatic rings. The Bertz CT molecular complexity index is 453. The van der Waals surface area contributed by atoms with E-state index in [0.717, 1.165) is 17.7 Å². The van der Waals surface area contributed by atoms with Crippen molar-refractivity contribution in [3.8, 4) is 0 Å². The van der Waals surface area contributed by atoms with Gasteiger partial charge < -0.3 is 15.0 Å². The molecule has 0 aliphatic carbocycles. The average molecular weight is 207 g/mol. The molecule has 0 unspecified atom stereocenters. The fourth-order valence-corrected chi connectivity index (χ4v) is 1.42. The summed E-state index contributed by atoms with van der Waals surface area (Å²) in [7, 11) is 0. The van der Waals surface area contributed by atoms with E-state index < -0.39 is 0 Å². The predicted molar refractivity (Wildman–Crippen MR) is 56.6 cm³/mol. The van der Waals surface area contributed by atoms with Gasteiger partial charge in [0.05, 0.1) is 12.9 Å². The molecule has 0 atom stereocenters. The first-order chi connectivity index (χ1) is 7.36. The number of nitrogens with one attached hydrogen (secondary N) is 1. The highest BCUT2D eigenvalue weighted by atomic mass is 16.3. The third kappa shape index (κ3) is 1.75. The third-order valence-electron chi connectivity index (χ3n) is 2.15. The molecule has 2 aromatic heterocycles. The fraction of sp³-hybridized carbons (Fsp3) is 0.444. The summed E-state index contributed by atoms with van der Waals surface area (Å²) in [6.45, 7) is 3.39. The van der Waals surface area contributed by atoms with Crippen molar-refractivity contribution in [2.75, 3.05) is 18.5 Å². The number of rotatable bonds is 4. The largest absolute Gasteiger partial charge is 0.395 e. The van der Waals surface area contributed by atoms with Gasteiger partial charge in [0.1, 0.15) is 11.8 Å². The van der Waals surface area contributed by atoms with Crippen LogP contribution in [0, 0.1) is 0 Å². The number of imidazole rings is 1. The molecule has 0 spiro atoms. The van der Waals surface area contributed by atoms with Crippen molar-refractivity contribution in [1.29, 1.82) is 0 Å². The molecule has 0 bridgehead atoms. The van der Waals surface area contributed by atoms with Crippen molar-refractivity contribution in [1.82, 2.24) is 19.5 Å². The normalized spacial score (nSPS) is 10.8. The maximum absolute atomic E-state index is 8.72. The smallest absolute Gasteiger partial charge is 0.165 e. The lowest BCUT2D eigenvalue weighted by atomic mass is 10.4. The zero-order valence-electron chi connectivity index (χ0n) is 8.51. The zero-order chi connectivity index (χ0) is 10.7. The van der Waals surface area contributed by atoms with Crippen molar-refractivity contribution < 1.29 is 5.11 Å². The zero-order valence-corrected chi connectivity index (χ0v) is 8.51. The lowest BCUT2D eigenvalue weighted by Crippen LogP contribution is -2.07. The summed E-state index contributed by atoms with van der Waals surface area (Å²) >= 11 is 0. The monoisotopic (exact) mass is 207 g/mol. The molecule has 15 heavy (non-hydrogen) atoms. The molecule has 2 rings (SSSR count). The molecule has 2 heterocycles. The predicted octanol–water partition coefficient (Wildman–Crippen LogP) is 0.250. The second kappa shape index (κ2) is 4.22. The van der Waals surface area contributed by atoms with E-state index >= 15 is 0 Å². The van der Waals surface area contributed by atoms with Gasteiger partial charge in [0.2, 0.25) is 0 Å². The molecule has 0 fully saturated rings. The van der Waals surface area contributed by atoms with Crippen molar-refractivity contribution in [3.63, 3.8) is 0 Å². The van der Waals surface area contributed by atoms with Crippen LogP contribution in [0.1, 0.15) is 6.92 Å². The van der Waals surface area contributed by atoms with Crippen molar-refractivity contribution in [2.24, 2.45) is 0 Å². The van der Waals surface area contributed by atoms with E-state index in [-0.39, 0.29) is 6.61 Å². The van der Waals surface area contributed by atoms with Gasteiger partial charge in [0.15, 0.2) is 11.5 Å². The lowest BCUT2D eigenvalue weighted by Gasteiger charge is -2.03. The van der Waals surface area contributed by atoms with Gasteiger partial charge in [-0.3, -0.25) is 0 Å². The van der Waals surface area contributed by atoms with Gasteiger partial charge >= 0.3 is 0 Å². The first-order valence-corrected chi connectivity index (χ1v) is 4.87. The Morgan fingerprint density at radius 3 is 3.00 bits per heavy atom. The van der Waals surface area contributed by atoms with Crippen LogP contribution < -0.4 is 5.32 Å². The number of nitrogens with zero attached hydrogens (tertiary/aromatic N) is 4. The Kier molecular flexibility index (Phi) is 2.77. The number of aryl methyl sites for hydroxylation is 1. The van der Waals surface area contributed by atoms with Gasteiger partial charge in [-0.2, -0.15) is 0 Å². The number of aromatic nitrogens is 4. The van der Waals surface area contributed by atoms with Gasteiger partial charge in [0, 0.05) is 13.1 Å². The molecule has 0 aliphatic rings. The molecular formula is C9H13N5O. The van der Waals surface area contributed by atoms with Crippen molar-refractivity contribution in [3.05, 3.63) is 12.7 Å². The highest BCUT2D eigenvalue weighted by Gasteiger charge is 2.07. The number of hydrogen-bond donors (Lipinski definition) is 2. The van der Waals surface area contributed by atoms with E-state index in [1.165, 1.54) is 6.33 Å². The Hall–Kier alpha value is -1.69. The summed E-state index contributed by atoms with van der Waals surface area (Å²) in [5.41, 5.74) is 1.56. The molecule has 0 aliphatic heterocycles. The summed E-state index contributed by atoms with van der Waals surface area (Å²) < 4.78 is 1.95. The number of hydrogen-bond acceptors (Lipinski definition) is 5. The quantitative estimate of drug-likeness (QED) is 0.751. The first kappa shape index (κ1) is 9.85. The molecule has 0 amide bonds. The van der Waals surface area contributed by atoms with Crippen LogP contribution in [-0.4, -0.2) is 37.8 Å². The molecule has 0 aromatic carbocycles. The summed E-state index contributed by atoms with van der Waals surface area (Å²) in [5, 5.41) is 11.7. The lowest BCUT2D eigenvalue weighted by molar-refractivity contribution is 0.311. The van der Waals surface area contributed by atoms with Crippen LogP contribution in [0.5, 0.6) is 0 Å². The number of anilines is 1. The Morgan fingerprint density at radius 1 is 1.40 bits per heavy atom. The van der Waals surface area contributed by atoms with Gasteiger partial charge in [-0.1, -0.05) is 0 Å². The molecule has 80 valence electrons. The van der Waals surface area contributed by atoms with Crippen LogP contribution in [0.25, 0.3) is 11.2 Å². The van der Waals surface area contributed by atoms with E-state index in [2.05, 4.69) is 20.3 Å². The van der Waals surface area contributed by atoms with Gasteiger partial charge in [-0.05, 0) is 6.92 Å². The van der Waals surface area contributed by atoms with E-state index in [9.17, 15) is 0 Å². The molecular weight excluding hydrogens is 194 g/mol. The van der Waals surface area contributed by atoms with E-state index in [1.807, 2.05) is 11.5 Å². The van der Waals surface area contributed by atoms with E-state index in [0.29, 0.717) is 12.4 Å². The Balaban J connectivity index is 2.42. The first-order valence-electron chi connectivity index (χ1n) is 4.87. The van der Waals surface area contributed by atoms with Crippen LogP contribution in [0.3, 0.4) is 0 Å². The number of fused-ring (bicyclic) bond motifs is 1. The molecule has 6 nitrogen and oxygen atoms in total. The highest BCUT2D eigenvalue weighted by molar-refractivity contribution is 5.82. The van der Waals surface area contributed by atoms with E-state index in [4.69, 9.17) is 5.11 Å². The minimum Gasteiger partial charge on any atom is -0.395 e. The van der Waals surface area contributed by atoms with Gasteiger partial charge in [-0.25, -0.2) is 15.0 Å². The van der Waals surface area contributed by atoms with Crippen LogP contribution in [-0.2, 0) is 6.54 Å². The Labute approximate surface area is 87.0 Å². The fourth-order valence-electron chi connectivity index (χ4n) is 1.42. The molecule has 2 N–H and O–H groups in total. The second-order valence-electron chi connectivity index (χ2n) is 3.08. The molecule has 0 saturated carbocycles. The van der Waals surface area contributed by atoms with Crippen LogP contribution in [0.15, 0.2) is 12.7 Å². The van der Waals surface area contributed by atoms with Gasteiger partial charge in [-0.15, -0.1) is 0 Å². The summed E-state index contributed by atoms with van der Waals surface area (Å²) in [4.78, 5) is 12.5. The average Bonchev–Trinajstić information content (AvgIpc) is 2.69. The SMILES string of the molecule is CCn1cnc2c(NCCO)ncnc21. The Morgan fingerprint density at radius 2 is 2.27 bits per heavy atom. The second-order valence-corrected chi connectivity index (χ2v) is 3.08. The minimum absolute atomic E-state index is 0.0694. The van der Waals surface area contributed by atoms with Crippen LogP contribution in [0.2, 0.25) is 0 Å². The van der Waals surface area contributed by atoms with Crippen molar-refractivity contribution >= 4 is 17.0 Å². The topological polar surface area (TPSA) is 75.9 Å². The number of aliphatic hydroxyl groups is 1. The molecule has 0 saturated heterocycles. The molecule has 6 heteroatoms. The van der Waals surface area contributed by atoms with Crippen LogP contribution >= 0.6 is 0 Å². The summed E-state index contributed by atoms with van der Waals surface area (Å²) in [6, 6.07) is 0. The highest BCUT2D eigenvalue weighted by Crippen LogP contribution is 2.16. The maximum atomic E-state index is 8.72. The van der Waals surface area contributed by atoms with Crippen LogP contribution in [0.4, 0.5) is 5.82 Å². The van der Waals surface area contributed by atoms with Crippen molar-refractivity contribution in [2.45, 2.75) is 13.5 Å². The third-order valence-corrected chi connectivity index (χ3v) is 2.15. The van der Waals surface area contributed by atoms with Gasteiger partial charge in [0.25, 0.3) is 0 Å².